The van der Waals surface area contributed by atoms with Crippen molar-refractivity contribution in [2.45, 2.75) is 34.1 Å². The molecule has 2 rings (SSSR count). The van der Waals surface area contributed by atoms with Gasteiger partial charge in [-0.1, -0.05) is 20.8 Å². The first-order chi connectivity index (χ1) is 7.80. The van der Waals surface area contributed by atoms with E-state index < -0.39 is 0 Å². The quantitative estimate of drug-likeness (QED) is 0.724. The van der Waals surface area contributed by atoms with Gasteiger partial charge in [-0.05, 0) is 36.3 Å². The molecular weight excluding hydrogens is 220 g/mol. The maximum atomic E-state index is 14.0. The molecule has 1 atom stereocenters. The molecule has 1 heterocycles. The van der Waals surface area contributed by atoms with Crippen molar-refractivity contribution < 1.29 is 8.78 Å². The standard InChI is InChI=1S/C14H19F2N/c1-8-5-11(15)13-10(12(8)16)6-9(7-17-13)14(2,3)4/h5,9,17H,6-7H2,1-4H3. The third kappa shape index (κ3) is 2.15. The highest BCUT2D eigenvalue weighted by Gasteiger charge is 2.31. The van der Waals surface area contributed by atoms with Crippen LogP contribution in [0.1, 0.15) is 31.9 Å². The minimum absolute atomic E-state index is 0.0946. The normalized spacial score (nSPS) is 19.8. The topological polar surface area (TPSA) is 12.0 Å². The molecule has 0 radical (unpaired) electrons. The second kappa shape index (κ2) is 3.97. The van der Waals surface area contributed by atoms with Crippen LogP contribution in [0.2, 0.25) is 0 Å². The molecule has 0 amide bonds. The highest BCUT2D eigenvalue weighted by molar-refractivity contribution is 5.56. The average Bonchev–Trinajstić information content (AvgIpc) is 2.24. The van der Waals surface area contributed by atoms with E-state index in [1.807, 2.05) is 0 Å². The average molecular weight is 239 g/mol. The minimum Gasteiger partial charge on any atom is -0.382 e. The smallest absolute Gasteiger partial charge is 0.147 e. The first-order valence-corrected chi connectivity index (χ1v) is 6.02. The molecule has 0 fully saturated rings. The molecule has 1 unspecified atom stereocenters. The summed E-state index contributed by atoms with van der Waals surface area (Å²) in [5, 5.41) is 3.04. The van der Waals surface area contributed by atoms with Gasteiger partial charge in [-0.25, -0.2) is 8.78 Å². The first kappa shape index (κ1) is 12.3. The lowest BCUT2D eigenvalue weighted by Crippen LogP contribution is -2.34. The molecule has 1 aromatic rings. The monoisotopic (exact) mass is 239 g/mol. The molecule has 1 aliphatic heterocycles. The van der Waals surface area contributed by atoms with E-state index in [0.717, 1.165) is 0 Å². The van der Waals surface area contributed by atoms with Crippen LogP contribution in [-0.2, 0) is 6.42 Å². The minimum atomic E-state index is -0.341. The zero-order chi connectivity index (χ0) is 12.8. The third-order valence-electron chi connectivity index (χ3n) is 3.70. The summed E-state index contributed by atoms with van der Waals surface area (Å²) in [5.41, 5.74) is 1.34. The Labute approximate surface area is 101 Å². The van der Waals surface area contributed by atoms with Gasteiger partial charge in [-0.15, -0.1) is 0 Å². The number of aryl methyl sites for hydroxylation is 1. The molecular formula is C14H19F2N. The molecule has 1 nitrogen and oxygen atoms in total. The number of hydrogen-bond donors (Lipinski definition) is 1. The van der Waals surface area contributed by atoms with Crippen LogP contribution in [0.5, 0.6) is 0 Å². The Balaban J connectivity index is 2.44. The zero-order valence-corrected chi connectivity index (χ0v) is 10.8. The van der Waals surface area contributed by atoms with Gasteiger partial charge in [0.1, 0.15) is 11.6 Å². The second-order valence-corrected chi connectivity index (χ2v) is 5.99. The van der Waals surface area contributed by atoms with E-state index in [9.17, 15) is 8.78 Å². The molecule has 0 saturated carbocycles. The Hall–Kier alpha value is -1.12. The van der Waals surface area contributed by atoms with E-state index in [2.05, 4.69) is 26.1 Å². The number of anilines is 1. The fourth-order valence-corrected chi connectivity index (χ4v) is 2.36. The van der Waals surface area contributed by atoms with Gasteiger partial charge in [-0.2, -0.15) is 0 Å². The summed E-state index contributed by atoms with van der Waals surface area (Å²) in [6.07, 6.45) is 0.607. The molecule has 0 saturated heterocycles. The van der Waals surface area contributed by atoms with Gasteiger partial charge in [0, 0.05) is 12.1 Å². The van der Waals surface area contributed by atoms with Gasteiger partial charge >= 0.3 is 0 Å². The van der Waals surface area contributed by atoms with Crippen molar-refractivity contribution in [1.29, 1.82) is 0 Å². The molecule has 0 aliphatic carbocycles. The van der Waals surface area contributed by atoms with Crippen LogP contribution < -0.4 is 5.32 Å². The van der Waals surface area contributed by atoms with Crippen molar-refractivity contribution in [2.75, 3.05) is 11.9 Å². The van der Waals surface area contributed by atoms with Crippen molar-refractivity contribution in [1.82, 2.24) is 0 Å². The van der Waals surface area contributed by atoms with Gasteiger partial charge in [0.25, 0.3) is 0 Å². The predicted octanol–water partition coefficient (Wildman–Crippen LogP) is 3.90. The van der Waals surface area contributed by atoms with Crippen LogP contribution in [0, 0.1) is 29.9 Å². The summed E-state index contributed by atoms with van der Waals surface area (Å²) in [5.74, 6) is -0.278. The predicted molar refractivity (Wildman–Crippen MR) is 66.2 cm³/mol. The largest absolute Gasteiger partial charge is 0.382 e. The van der Waals surface area contributed by atoms with Crippen molar-refractivity contribution in [3.05, 3.63) is 28.8 Å². The summed E-state index contributed by atoms with van der Waals surface area (Å²) in [4.78, 5) is 0. The zero-order valence-electron chi connectivity index (χ0n) is 10.8. The summed E-state index contributed by atoms with van der Waals surface area (Å²) in [6.45, 7) is 8.71. The van der Waals surface area contributed by atoms with Crippen LogP contribution in [-0.4, -0.2) is 6.54 Å². The number of fused-ring (bicyclic) bond motifs is 1. The van der Waals surface area contributed by atoms with E-state index in [0.29, 0.717) is 35.7 Å². The Morgan fingerprint density at radius 2 is 1.94 bits per heavy atom. The van der Waals surface area contributed by atoms with E-state index in [4.69, 9.17) is 0 Å². The molecule has 3 heteroatoms. The summed E-state index contributed by atoms with van der Waals surface area (Å²) >= 11 is 0. The van der Waals surface area contributed by atoms with Crippen LogP contribution in [0.3, 0.4) is 0 Å². The highest BCUT2D eigenvalue weighted by Crippen LogP contribution is 2.37. The maximum absolute atomic E-state index is 14.0. The van der Waals surface area contributed by atoms with Gasteiger partial charge in [0.15, 0.2) is 0 Å². The van der Waals surface area contributed by atoms with Gasteiger partial charge in [0.2, 0.25) is 0 Å². The van der Waals surface area contributed by atoms with Crippen LogP contribution >= 0.6 is 0 Å². The molecule has 0 aromatic heterocycles. The van der Waals surface area contributed by atoms with Crippen LogP contribution in [0.15, 0.2) is 6.07 Å². The molecule has 0 spiro atoms. The van der Waals surface area contributed by atoms with Crippen molar-refractivity contribution >= 4 is 5.69 Å². The van der Waals surface area contributed by atoms with Gasteiger partial charge in [-0.3, -0.25) is 0 Å². The molecule has 1 aromatic carbocycles. The number of benzene rings is 1. The lowest BCUT2D eigenvalue weighted by molar-refractivity contribution is 0.244. The van der Waals surface area contributed by atoms with Gasteiger partial charge < -0.3 is 5.32 Å². The highest BCUT2D eigenvalue weighted by atomic mass is 19.1. The molecule has 17 heavy (non-hydrogen) atoms. The fraction of sp³-hybridized carbons (Fsp3) is 0.571. The SMILES string of the molecule is Cc1cc(F)c2c(c1F)CC(C(C)(C)C)CN2. The fourth-order valence-electron chi connectivity index (χ4n) is 2.36. The molecule has 94 valence electrons. The van der Waals surface area contributed by atoms with Crippen LogP contribution in [0.4, 0.5) is 14.5 Å². The number of rotatable bonds is 0. The number of nitrogens with one attached hydrogen (secondary N) is 1. The summed E-state index contributed by atoms with van der Waals surface area (Å²) in [6, 6.07) is 1.26. The Bertz CT molecular complexity index is 447. The Kier molecular flexibility index (Phi) is 2.88. The van der Waals surface area contributed by atoms with E-state index in [1.165, 1.54) is 6.07 Å². The summed E-state index contributed by atoms with van der Waals surface area (Å²) < 4.78 is 27.7. The molecule has 1 aliphatic rings. The number of halogens is 2. The third-order valence-corrected chi connectivity index (χ3v) is 3.70. The molecule has 0 bridgehead atoms. The van der Waals surface area contributed by atoms with Crippen molar-refractivity contribution in [2.24, 2.45) is 11.3 Å². The Morgan fingerprint density at radius 1 is 1.29 bits per heavy atom. The van der Waals surface area contributed by atoms with E-state index >= 15 is 0 Å². The lowest BCUT2D eigenvalue weighted by atomic mass is 9.75. The maximum Gasteiger partial charge on any atom is 0.147 e. The molecule has 1 N–H and O–H groups in total. The van der Waals surface area contributed by atoms with Crippen LogP contribution in [0.25, 0.3) is 0 Å². The first-order valence-electron chi connectivity index (χ1n) is 6.02. The van der Waals surface area contributed by atoms with Crippen molar-refractivity contribution in [3.63, 3.8) is 0 Å². The van der Waals surface area contributed by atoms with Crippen molar-refractivity contribution in [3.8, 4) is 0 Å². The van der Waals surface area contributed by atoms with Gasteiger partial charge in [0.05, 0.1) is 5.69 Å². The summed E-state index contributed by atoms with van der Waals surface area (Å²) in [7, 11) is 0. The van der Waals surface area contributed by atoms with E-state index in [1.54, 1.807) is 6.92 Å². The second-order valence-electron chi connectivity index (χ2n) is 5.99. The Morgan fingerprint density at radius 3 is 2.53 bits per heavy atom. The lowest BCUT2D eigenvalue weighted by Gasteiger charge is -2.36. The van der Waals surface area contributed by atoms with E-state index in [-0.39, 0.29) is 17.0 Å². The number of hydrogen-bond acceptors (Lipinski definition) is 1.